The van der Waals surface area contributed by atoms with Gasteiger partial charge in [-0.3, -0.25) is 48.1 Å². The van der Waals surface area contributed by atoms with Crippen molar-refractivity contribution in [3.63, 3.8) is 0 Å². The second kappa shape index (κ2) is 27.8. The van der Waals surface area contributed by atoms with E-state index < -0.39 is 61.4 Å². The van der Waals surface area contributed by atoms with Gasteiger partial charge in [-0.2, -0.15) is 0 Å². The summed E-state index contributed by atoms with van der Waals surface area (Å²) in [6.07, 6.45) is 6.27. The van der Waals surface area contributed by atoms with Gasteiger partial charge >= 0.3 is 11.9 Å². The number of primary amides is 1. The molecule has 1 fully saturated rings. The molecule has 0 bridgehead atoms. The van der Waals surface area contributed by atoms with Gasteiger partial charge in [-0.15, -0.1) is 0 Å². The molecule has 0 radical (unpaired) electrons. The summed E-state index contributed by atoms with van der Waals surface area (Å²) in [7, 11) is 0. The molecule has 2 unspecified atom stereocenters. The summed E-state index contributed by atoms with van der Waals surface area (Å²) in [5.41, 5.74) is 13.5. The number of allylic oxidation sites excluding steroid dienone is 1. The topological polar surface area (TPSA) is 313 Å². The van der Waals surface area contributed by atoms with Crippen LogP contribution >= 0.6 is 0 Å². The van der Waals surface area contributed by atoms with Crippen molar-refractivity contribution in [3.05, 3.63) is 115 Å². The van der Waals surface area contributed by atoms with Crippen molar-refractivity contribution in [1.82, 2.24) is 30.7 Å². The molecule has 78 heavy (non-hydrogen) atoms. The minimum absolute atomic E-state index is 0.0866. The van der Waals surface area contributed by atoms with E-state index in [1.54, 1.807) is 16.7 Å². The first kappa shape index (κ1) is 59.2. The number of aryl methyl sites for hydroxylation is 1. The number of esters is 2. The number of nitrogens with zero attached hydrogens (tertiary/aromatic N) is 2. The van der Waals surface area contributed by atoms with Crippen LogP contribution < -0.4 is 37.9 Å². The van der Waals surface area contributed by atoms with Gasteiger partial charge in [0.05, 0.1) is 30.8 Å². The molecular weight excluding hydrogens is 1020 g/mol. The Morgan fingerprint density at radius 1 is 0.833 bits per heavy atom. The van der Waals surface area contributed by atoms with Crippen LogP contribution in [-0.2, 0) is 76.9 Å². The van der Waals surface area contributed by atoms with Gasteiger partial charge in [0.25, 0.3) is 23.3 Å². The standard InChI is InChI=1S/C24H34N6O10.C22H19FN2O4.C7H8.C2H6/c25-24(38)15-8-16(9-15)40-14-29-19(33)11-26-18(32)10-27-20(34)13-39-23(37)12-28-17(31)4-2-1-3-7-30-21(35)5-6-22(30)36;1-9-10-3-2-4-11-13-7-25-17(19(13)24-16(18(10)11)6-15(9)23)5-12-14(21(25)27)8-29-22(28)20(12)26;1-7-5-3-2-4-6-7;1-2/h5-6,15-16H,1-4,7-14H2,(H2,25,38)(H,26,32)(H,27,34)(H,28,31)(H,29,33);5-6,19-20,24,26H,2-4,7-8H2,1H3;2-6H,1H3;1-2H3. The highest BCUT2D eigenvalue weighted by Gasteiger charge is 2.41. The van der Waals surface area contributed by atoms with Crippen molar-refractivity contribution in [2.24, 2.45) is 11.7 Å². The number of imide groups is 1. The predicted octanol–water partition coefficient (Wildman–Crippen LogP) is 2.40. The van der Waals surface area contributed by atoms with Gasteiger partial charge in [-0.1, -0.05) is 56.2 Å². The monoisotopic (exact) mass is 1080 g/mol. The van der Waals surface area contributed by atoms with E-state index in [9.17, 15) is 57.4 Å². The van der Waals surface area contributed by atoms with E-state index in [0.717, 1.165) is 46.5 Å². The number of hydrogen-bond donors (Lipinski definition) is 7. The fraction of sp³-hybridized carbons (Fsp3) is 0.455. The van der Waals surface area contributed by atoms with Gasteiger partial charge in [0.2, 0.25) is 23.6 Å². The number of aliphatic hydroxyl groups excluding tert-OH is 1. The molecule has 0 saturated heterocycles. The van der Waals surface area contributed by atoms with Crippen molar-refractivity contribution < 1.29 is 66.9 Å². The molecular formula is C55H67FN8O14. The number of pyridine rings is 1. The summed E-state index contributed by atoms with van der Waals surface area (Å²) in [5, 5.41) is 23.0. The Hall–Kier alpha value is -8.05. The number of ether oxygens (including phenoxy) is 3. The number of unbranched alkanes of at least 4 members (excludes halogenated alkanes) is 2. The van der Waals surface area contributed by atoms with Crippen LogP contribution in [0.15, 0.2) is 65.0 Å². The van der Waals surface area contributed by atoms with Crippen molar-refractivity contribution in [2.45, 2.75) is 117 Å². The highest BCUT2D eigenvalue weighted by Crippen LogP contribution is 2.50. The quantitative estimate of drug-likeness (QED) is 0.0417. The lowest BCUT2D eigenvalue weighted by Gasteiger charge is -2.33. The summed E-state index contributed by atoms with van der Waals surface area (Å²) >= 11 is 0. The SMILES string of the molecule is CC.Cc1c(F)cc2c3c1CCCC3=C1Cn3c(cc4c(c3=O)COC(=O)C4O)C1N2.Cc1ccccc1.NC(=O)C1CC(OCNC(=O)CNC(=O)CNC(=O)COC(=O)CNC(=O)CCCCCN2C(=O)C=CC2=O)C1. The number of cyclic esters (lactones) is 1. The van der Waals surface area contributed by atoms with E-state index in [4.69, 9.17) is 19.9 Å². The number of carbonyl (C=O) groups excluding carboxylic acids is 9. The number of halogens is 1. The minimum atomic E-state index is -1.45. The van der Waals surface area contributed by atoms with E-state index in [1.165, 1.54) is 23.3 Å². The Morgan fingerprint density at radius 2 is 1.50 bits per heavy atom. The van der Waals surface area contributed by atoms with Gasteiger partial charge in [0, 0.05) is 60.1 Å². The molecule has 1 saturated carbocycles. The maximum absolute atomic E-state index is 14.5. The number of fused-ring (bicyclic) bond motifs is 4. The first-order valence-electron chi connectivity index (χ1n) is 26.0. The van der Waals surface area contributed by atoms with Gasteiger partial charge in [-0.25, -0.2) is 9.18 Å². The molecule has 9 rings (SSSR count). The van der Waals surface area contributed by atoms with Crippen LogP contribution in [0.1, 0.15) is 116 Å². The maximum atomic E-state index is 14.5. The Kier molecular flexibility index (Phi) is 21.1. The lowest BCUT2D eigenvalue weighted by molar-refractivity contribution is -0.157. The molecule has 5 heterocycles. The molecule has 23 heteroatoms. The van der Waals surface area contributed by atoms with Crippen molar-refractivity contribution in [1.29, 1.82) is 0 Å². The molecule has 4 aliphatic heterocycles. The number of amides is 7. The molecule has 2 aromatic carbocycles. The maximum Gasteiger partial charge on any atom is 0.340 e. The third kappa shape index (κ3) is 15.1. The molecule has 1 aromatic heterocycles. The Morgan fingerprint density at radius 3 is 2.17 bits per heavy atom. The average Bonchev–Trinajstić information content (AvgIpc) is 4.10. The van der Waals surface area contributed by atoms with Crippen molar-refractivity contribution in [3.8, 4) is 0 Å². The first-order chi connectivity index (χ1) is 37.4. The van der Waals surface area contributed by atoms with Crippen LogP contribution in [0, 0.1) is 25.6 Å². The number of rotatable bonds is 18. The average molecular weight is 1080 g/mol. The van der Waals surface area contributed by atoms with E-state index in [-0.39, 0.29) is 80.0 Å². The molecule has 2 aliphatic carbocycles. The Balaban J connectivity index is 0.000000223. The number of anilines is 1. The van der Waals surface area contributed by atoms with Crippen LogP contribution in [0.4, 0.5) is 10.1 Å². The van der Waals surface area contributed by atoms with Gasteiger partial charge in [-0.05, 0) is 93.2 Å². The summed E-state index contributed by atoms with van der Waals surface area (Å²) in [4.78, 5) is 119. The van der Waals surface area contributed by atoms with Crippen LogP contribution in [0.5, 0.6) is 0 Å². The fourth-order valence-corrected chi connectivity index (χ4v) is 9.44. The highest BCUT2D eigenvalue weighted by atomic mass is 19.1. The molecule has 8 N–H and O–H groups in total. The number of carbonyl (C=O) groups is 9. The first-order valence-corrected chi connectivity index (χ1v) is 26.0. The number of benzene rings is 2. The number of aromatic nitrogens is 1. The molecule has 2 atom stereocenters. The molecule has 7 amide bonds. The number of nitrogens with one attached hydrogen (secondary N) is 5. The zero-order valence-electron chi connectivity index (χ0n) is 44.1. The molecule has 22 nitrogen and oxygen atoms in total. The van der Waals surface area contributed by atoms with Crippen molar-refractivity contribution in [2.75, 3.05) is 44.8 Å². The van der Waals surface area contributed by atoms with E-state index >= 15 is 0 Å². The summed E-state index contributed by atoms with van der Waals surface area (Å²) in [6, 6.07) is 13.3. The predicted molar refractivity (Wildman–Crippen MR) is 279 cm³/mol. The zero-order valence-corrected chi connectivity index (χ0v) is 44.1. The lowest BCUT2D eigenvalue weighted by atomic mass is 9.78. The zero-order chi connectivity index (χ0) is 56.6. The second-order valence-electron chi connectivity index (χ2n) is 18.9. The van der Waals surface area contributed by atoms with Gasteiger partial charge in [0.15, 0.2) is 12.7 Å². The van der Waals surface area contributed by atoms with Gasteiger partial charge in [0.1, 0.15) is 25.7 Å². The summed E-state index contributed by atoms with van der Waals surface area (Å²) in [5.74, 6) is -5.44. The van der Waals surface area contributed by atoms with Crippen LogP contribution in [-0.4, -0.2) is 113 Å². The fourth-order valence-electron chi connectivity index (χ4n) is 9.44. The van der Waals surface area contributed by atoms with Crippen LogP contribution in [0.3, 0.4) is 0 Å². The van der Waals surface area contributed by atoms with E-state index in [0.29, 0.717) is 61.0 Å². The third-order valence-corrected chi connectivity index (χ3v) is 13.7. The third-order valence-electron chi connectivity index (χ3n) is 13.7. The van der Waals surface area contributed by atoms with Crippen molar-refractivity contribution >= 4 is 64.5 Å². The van der Waals surface area contributed by atoms with Crippen LogP contribution in [0.25, 0.3) is 5.57 Å². The van der Waals surface area contributed by atoms with Crippen LogP contribution in [0.2, 0.25) is 0 Å². The number of hydrogen-bond acceptors (Lipinski definition) is 15. The molecule has 0 spiro atoms. The highest BCUT2D eigenvalue weighted by molar-refractivity contribution is 6.12. The molecule has 6 aliphatic rings. The normalized spacial score (nSPS) is 18.6. The second-order valence-corrected chi connectivity index (χ2v) is 18.9. The Labute approximate surface area is 449 Å². The van der Waals surface area contributed by atoms with E-state index in [1.807, 2.05) is 39.0 Å². The largest absolute Gasteiger partial charge is 0.458 e. The smallest absolute Gasteiger partial charge is 0.340 e. The molecule has 3 aromatic rings. The molecule has 418 valence electrons. The van der Waals surface area contributed by atoms with E-state index in [2.05, 4.69) is 45.6 Å². The van der Waals surface area contributed by atoms with Gasteiger partial charge < -0.3 is 56.2 Å². The summed E-state index contributed by atoms with van der Waals surface area (Å²) < 4.78 is 31.2. The lowest BCUT2D eigenvalue weighted by Crippen LogP contribution is -2.44. The number of aliphatic hydroxyl groups is 1. The Bertz CT molecular complexity index is 2900. The summed E-state index contributed by atoms with van der Waals surface area (Å²) in [6.45, 7) is 6.51. The number of nitrogens with two attached hydrogens (primary N) is 1. The minimum Gasteiger partial charge on any atom is -0.458 e.